The lowest BCUT2D eigenvalue weighted by Crippen LogP contribution is -2.31. The number of halogens is 3. The number of ether oxygens (including phenoxy) is 1. The molecule has 2 aromatic heterocycles. The second-order valence-corrected chi connectivity index (χ2v) is 6.60. The Morgan fingerprint density at radius 2 is 2.06 bits per heavy atom. The van der Waals surface area contributed by atoms with Gasteiger partial charge in [0.15, 0.2) is 11.9 Å². The molecule has 1 unspecified atom stereocenters. The van der Waals surface area contributed by atoms with Crippen molar-refractivity contribution >= 4 is 23.3 Å². The summed E-state index contributed by atoms with van der Waals surface area (Å²) in [5.41, 5.74) is -2.92. The van der Waals surface area contributed by atoms with Crippen molar-refractivity contribution in [2.75, 3.05) is 5.32 Å². The molecule has 0 aliphatic carbocycles. The van der Waals surface area contributed by atoms with E-state index in [-0.39, 0.29) is 24.6 Å². The number of amides is 1. The van der Waals surface area contributed by atoms with Crippen molar-refractivity contribution in [1.82, 2.24) is 10.1 Å². The SMILES string of the molecule is CC(OC(=O)CCc1nc(-c2ccco2)no1)C(=O)Nc1ccc([N+](=O)[O-])cc1C(F)(F)F. The maximum absolute atomic E-state index is 13.2. The van der Waals surface area contributed by atoms with Gasteiger partial charge in [-0.05, 0) is 25.1 Å². The van der Waals surface area contributed by atoms with E-state index in [9.17, 15) is 32.9 Å². The Kier molecular flexibility index (Phi) is 6.75. The van der Waals surface area contributed by atoms with Crippen molar-refractivity contribution in [1.29, 1.82) is 0 Å². The molecule has 0 bridgehead atoms. The number of esters is 1. The molecular weight excluding hydrogens is 453 g/mol. The van der Waals surface area contributed by atoms with Crippen LogP contribution in [0.15, 0.2) is 45.5 Å². The zero-order valence-corrected chi connectivity index (χ0v) is 16.8. The summed E-state index contributed by atoms with van der Waals surface area (Å²) in [4.78, 5) is 38.0. The predicted octanol–water partition coefficient (Wildman–Crippen LogP) is 3.76. The summed E-state index contributed by atoms with van der Waals surface area (Å²) in [6, 6.07) is 5.10. The van der Waals surface area contributed by atoms with Crippen LogP contribution >= 0.6 is 0 Å². The van der Waals surface area contributed by atoms with E-state index in [2.05, 4.69) is 10.1 Å². The largest absolute Gasteiger partial charge is 0.461 e. The average Bonchev–Trinajstić information content (AvgIpc) is 3.43. The second-order valence-electron chi connectivity index (χ2n) is 6.60. The lowest BCUT2D eigenvalue weighted by atomic mass is 10.1. The molecule has 1 N–H and O–H groups in total. The van der Waals surface area contributed by atoms with E-state index in [0.717, 1.165) is 19.1 Å². The van der Waals surface area contributed by atoms with Gasteiger partial charge in [0.1, 0.15) is 0 Å². The quantitative estimate of drug-likeness (QED) is 0.296. The molecule has 1 aromatic carbocycles. The number of aromatic nitrogens is 2. The fourth-order valence-electron chi connectivity index (χ4n) is 2.60. The van der Waals surface area contributed by atoms with Crippen LogP contribution in [0.4, 0.5) is 24.5 Å². The number of nitrogens with zero attached hydrogens (tertiary/aromatic N) is 3. The first kappa shape index (κ1) is 23.4. The van der Waals surface area contributed by atoms with Crippen LogP contribution < -0.4 is 5.32 Å². The minimum absolute atomic E-state index is 0.0124. The molecule has 1 amide bonds. The Hall–Kier alpha value is -4.23. The molecule has 2 heterocycles. The molecule has 33 heavy (non-hydrogen) atoms. The topological polar surface area (TPSA) is 151 Å². The number of carbonyl (C=O) groups excluding carboxylic acids is 2. The summed E-state index contributed by atoms with van der Waals surface area (Å²) in [6.45, 7) is 1.16. The zero-order valence-electron chi connectivity index (χ0n) is 16.8. The van der Waals surface area contributed by atoms with Crippen molar-refractivity contribution in [2.45, 2.75) is 32.0 Å². The fourth-order valence-corrected chi connectivity index (χ4v) is 2.60. The molecule has 3 rings (SSSR count). The maximum Gasteiger partial charge on any atom is 0.418 e. The third kappa shape index (κ3) is 5.93. The first-order valence-corrected chi connectivity index (χ1v) is 9.27. The lowest BCUT2D eigenvalue weighted by molar-refractivity contribution is -0.385. The van der Waals surface area contributed by atoms with Crippen LogP contribution in [0, 0.1) is 10.1 Å². The number of hydrogen-bond acceptors (Lipinski definition) is 9. The molecule has 14 heteroatoms. The van der Waals surface area contributed by atoms with Gasteiger partial charge in [0.05, 0.1) is 28.9 Å². The van der Waals surface area contributed by atoms with Gasteiger partial charge in [-0.25, -0.2) is 0 Å². The number of nitrogens with one attached hydrogen (secondary N) is 1. The fraction of sp³-hybridized carbons (Fsp3) is 0.263. The van der Waals surface area contributed by atoms with Crippen molar-refractivity contribution < 1.29 is 41.4 Å². The van der Waals surface area contributed by atoms with E-state index in [4.69, 9.17) is 13.7 Å². The number of furan rings is 1. The highest BCUT2D eigenvalue weighted by atomic mass is 19.4. The minimum Gasteiger partial charge on any atom is -0.461 e. The Morgan fingerprint density at radius 1 is 1.30 bits per heavy atom. The summed E-state index contributed by atoms with van der Waals surface area (Å²) in [6.07, 6.45) is -5.25. The molecule has 0 saturated carbocycles. The summed E-state index contributed by atoms with van der Waals surface area (Å²) < 4.78 is 54.7. The summed E-state index contributed by atoms with van der Waals surface area (Å²) in [7, 11) is 0. The minimum atomic E-state index is -4.97. The van der Waals surface area contributed by atoms with Gasteiger partial charge in [0, 0.05) is 18.6 Å². The molecule has 0 spiro atoms. The molecule has 0 fully saturated rings. The zero-order chi connectivity index (χ0) is 24.2. The van der Waals surface area contributed by atoms with Crippen LogP contribution in [0.3, 0.4) is 0 Å². The highest BCUT2D eigenvalue weighted by Crippen LogP contribution is 2.37. The van der Waals surface area contributed by atoms with Crippen LogP contribution in [0.1, 0.15) is 24.8 Å². The van der Waals surface area contributed by atoms with E-state index in [1.54, 1.807) is 12.1 Å². The van der Waals surface area contributed by atoms with E-state index >= 15 is 0 Å². The van der Waals surface area contributed by atoms with Crippen molar-refractivity contribution in [3.05, 3.63) is 58.2 Å². The van der Waals surface area contributed by atoms with Crippen LogP contribution in [0.25, 0.3) is 11.6 Å². The van der Waals surface area contributed by atoms with Gasteiger partial charge in [0.25, 0.3) is 11.6 Å². The van der Waals surface area contributed by atoms with Gasteiger partial charge in [-0.1, -0.05) is 5.16 Å². The highest BCUT2D eigenvalue weighted by Gasteiger charge is 2.36. The number of nitro benzene ring substituents is 1. The molecule has 174 valence electrons. The smallest absolute Gasteiger partial charge is 0.418 e. The number of alkyl halides is 3. The molecule has 0 aliphatic rings. The Balaban J connectivity index is 1.57. The predicted molar refractivity (Wildman–Crippen MR) is 103 cm³/mol. The Morgan fingerprint density at radius 3 is 2.70 bits per heavy atom. The molecule has 0 aliphatic heterocycles. The summed E-state index contributed by atoms with van der Waals surface area (Å²) in [5, 5.41) is 16.4. The first-order valence-electron chi connectivity index (χ1n) is 9.27. The average molecular weight is 468 g/mol. The lowest BCUT2D eigenvalue weighted by Gasteiger charge is -2.16. The number of non-ortho nitro benzene ring substituents is 1. The second kappa shape index (κ2) is 9.50. The van der Waals surface area contributed by atoms with Crippen molar-refractivity contribution in [2.24, 2.45) is 0 Å². The third-order valence-corrected chi connectivity index (χ3v) is 4.21. The molecule has 11 nitrogen and oxygen atoms in total. The van der Waals surface area contributed by atoms with E-state index in [0.29, 0.717) is 11.8 Å². The van der Waals surface area contributed by atoms with Crippen LogP contribution in [-0.2, 0) is 26.9 Å². The standard InChI is InChI=1S/C19H15F3N4O7/c1-10(18(28)23-13-5-4-11(26(29)30)9-12(13)19(20,21)22)32-16(27)7-6-15-24-17(25-33-15)14-3-2-8-31-14/h2-5,8-10H,6-7H2,1H3,(H,23,28). The highest BCUT2D eigenvalue weighted by molar-refractivity contribution is 5.96. The van der Waals surface area contributed by atoms with Gasteiger partial charge in [-0.3, -0.25) is 19.7 Å². The Bertz CT molecular complexity index is 1160. The summed E-state index contributed by atoms with van der Waals surface area (Å²) in [5.74, 6) is -1.24. The number of carbonyl (C=O) groups is 2. The first-order chi connectivity index (χ1) is 15.5. The number of anilines is 1. The van der Waals surface area contributed by atoms with Gasteiger partial charge in [-0.2, -0.15) is 18.2 Å². The molecule has 3 aromatic rings. The number of benzene rings is 1. The normalized spacial score (nSPS) is 12.2. The maximum atomic E-state index is 13.2. The summed E-state index contributed by atoms with van der Waals surface area (Å²) >= 11 is 0. The number of rotatable bonds is 8. The molecule has 0 saturated heterocycles. The molecule has 0 radical (unpaired) electrons. The van der Waals surface area contributed by atoms with Gasteiger partial charge in [-0.15, -0.1) is 0 Å². The van der Waals surface area contributed by atoms with Gasteiger partial charge >= 0.3 is 12.1 Å². The van der Waals surface area contributed by atoms with E-state index < -0.39 is 46.0 Å². The van der Waals surface area contributed by atoms with E-state index in [1.165, 1.54) is 6.26 Å². The Labute approximate surface area is 182 Å². The van der Waals surface area contributed by atoms with Crippen molar-refractivity contribution in [3.8, 4) is 11.6 Å². The van der Waals surface area contributed by atoms with E-state index in [1.807, 2.05) is 5.32 Å². The molecule has 1 atom stereocenters. The van der Waals surface area contributed by atoms with Crippen molar-refractivity contribution in [3.63, 3.8) is 0 Å². The van der Waals surface area contributed by atoms with Gasteiger partial charge < -0.3 is 19.0 Å². The van der Waals surface area contributed by atoms with Gasteiger partial charge in [0.2, 0.25) is 11.7 Å². The van der Waals surface area contributed by atoms with Crippen LogP contribution in [-0.4, -0.2) is 33.0 Å². The number of aryl methyl sites for hydroxylation is 1. The van der Waals surface area contributed by atoms with Crippen LogP contribution in [0.2, 0.25) is 0 Å². The third-order valence-electron chi connectivity index (χ3n) is 4.21. The number of nitro groups is 1. The molecular formula is C19H15F3N4O7. The monoisotopic (exact) mass is 468 g/mol. The van der Waals surface area contributed by atoms with Crippen LogP contribution in [0.5, 0.6) is 0 Å². The number of hydrogen-bond donors (Lipinski definition) is 1.